The highest BCUT2D eigenvalue weighted by Crippen LogP contribution is 2.42. The van der Waals surface area contributed by atoms with Gasteiger partial charge in [-0.15, -0.1) is 6.58 Å². The molecule has 2 saturated carbocycles. The van der Waals surface area contributed by atoms with Crippen molar-refractivity contribution in [2.75, 3.05) is 6.61 Å². The van der Waals surface area contributed by atoms with Gasteiger partial charge in [-0.3, -0.25) is 0 Å². The molecular formula is C18H26F4O. The van der Waals surface area contributed by atoms with E-state index in [1.807, 2.05) is 0 Å². The fraction of sp³-hybridized carbons (Fsp3) is 0.778. The van der Waals surface area contributed by atoms with Gasteiger partial charge >= 0.3 is 6.18 Å². The molecule has 2 aliphatic carbocycles. The molecule has 132 valence electrons. The Morgan fingerprint density at radius 2 is 1.48 bits per heavy atom. The lowest BCUT2D eigenvalue weighted by molar-refractivity contribution is -0.0821. The van der Waals surface area contributed by atoms with E-state index >= 15 is 0 Å². The molecule has 0 aromatic rings. The molecule has 0 amide bonds. The summed E-state index contributed by atoms with van der Waals surface area (Å²) < 4.78 is 56.0. The summed E-state index contributed by atoms with van der Waals surface area (Å²) in [6, 6.07) is 0. The number of rotatable bonds is 5. The molecule has 2 fully saturated rings. The van der Waals surface area contributed by atoms with Gasteiger partial charge in [-0.2, -0.15) is 13.2 Å². The summed E-state index contributed by atoms with van der Waals surface area (Å²) in [5.41, 5.74) is 0. The van der Waals surface area contributed by atoms with Gasteiger partial charge in [0.2, 0.25) is 0 Å². The Morgan fingerprint density at radius 3 is 1.96 bits per heavy atom. The van der Waals surface area contributed by atoms with Crippen LogP contribution in [0.4, 0.5) is 17.6 Å². The SMILES string of the molecule is C=CCOC1CCC(C2CCC(/C(F)=C/C(F)(F)F)CC2)CC1. The normalized spacial score (nSPS) is 33.5. The zero-order valence-corrected chi connectivity index (χ0v) is 13.5. The molecule has 0 saturated heterocycles. The van der Waals surface area contributed by atoms with Gasteiger partial charge in [0.05, 0.1) is 18.8 Å². The zero-order chi connectivity index (χ0) is 16.9. The van der Waals surface area contributed by atoms with Crippen LogP contribution in [-0.4, -0.2) is 18.9 Å². The van der Waals surface area contributed by atoms with E-state index in [1.54, 1.807) is 6.08 Å². The van der Waals surface area contributed by atoms with E-state index in [4.69, 9.17) is 4.74 Å². The van der Waals surface area contributed by atoms with Gasteiger partial charge in [0.15, 0.2) is 0 Å². The topological polar surface area (TPSA) is 9.23 Å². The average Bonchev–Trinajstić information content (AvgIpc) is 2.52. The molecule has 23 heavy (non-hydrogen) atoms. The van der Waals surface area contributed by atoms with E-state index in [9.17, 15) is 17.6 Å². The number of halogens is 4. The Labute approximate surface area is 135 Å². The quantitative estimate of drug-likeness (QED) is 0.444. The lowest BCUT2D eigenvalue weighted by Gasteiger charge is -2.37. The first-order valence-corrected chi connectivity index (χ1v) is 8.56. The Bertz CT molecular complexity index is 400. The average molecular weight is 334 g/mol. The Kier molecular flexibility index (Phi) is 6.69. The zero-order valence-electron chi connectivity index (χ0n) is 13.5. The van der Waals surface area contributed by atoms with Crippen LogP contribution in [0.2, 0.25) is 0 Å². The molecule has 0 spiro atoms. The van der Waals surface area contributed by atoms with Crippen LogP contribution in [0.3, 0.4) is 0 Å². The van der Waals surface area contributed by atoms with Crippen LogP contribution < -0.4 is 0 Å². The molecule has 0 heterocycles. The highest BCUT2D eigenvalue weighted by atomic mass is 19.4. The van der Waals surface area contributed by atoms with Crippen molar-refractivity contribution in [1.29, 1.82) is 0 Å². The lowest BCUT2D eigenvalue weighted by atomic mass is 9.70. The summed E-state index contributed by atoms with van der Waals surface area (Å²) in [5.74, 6) is -0.378. The van der Waals surface area contributed by atoms with Crippen LogP contribution in [0.1, 0.15) is 51.4 Å². The van der Waals surface area contributed by atoms with Gasteiger partial charge in [-0.25, -0.2) is 4.39 Å². The molecule has 0 bridgehead atoms. The summed E-state index contributed by atoms with van der Waals surface area (Å²) >= 11 is 0. The standard InChI is InChI=1S/C18H26F4O/c1-2-11-23-16-9-7-14(8-10-16)13-3-5-15(6-4-13)17(19)12-18(20,21)22/h2,12-16H,1,3-11H2/b17-12-. The number of ether oxygens (including phenoxy) is 1. The second-order valence-corrected chi connectivity index (χ2v) is 6.84. The molecule has 0 aliphatic heterocycles. The predicted octanol–water partition coefficient (Wildman–Crippen LogP) is 5.97. The van der Waals surface area contributed by atoms with Gasteiger partial charge in [-0.1, -0.05) is 6.08 Å². The largest absolute Gasteiger partial charge is 0.412 e. The number of alkyl halides is 3. The summed E-state index contributed by atoms with van der Waals surface area (Å²) in [4.78, 5) is 0. The van der Waals surface area contributed by atoms with Gasteiger partial charge in [0, 0.05) is 5.92 Å². The third-order valence-corrected chi connectivity index (χ3v) is 5.30. The molecule has 0 N–H and O–H groups in total. The smallest absolute Gasteiger partial charge is 0.374 e. The van der Waals surface area contributed by atoms with E-state index in [0.29, 0.717) is 37.4 Å². The van der Waals surface area contributed by atoms with E-state index in [-0.39, 0.29) is 6.08 Å². The van der Waals surface area contributed by atoms with Crippen molar-refractivity contribution in [3.05, 3.63) is 24.6 Å². The monoisotopic (exact) mass is 334 g/mol. The number of hydrogen-bond acceptors (Lipinski definition) is 1. The van der Waals surface area contributed by atoms with Crippen molar-refractivity contribution in [2.45, 2.75) is 63.6 Å². The molecule has 0 aromatic carbocycles. The maximum Gasteiger partial charge on any atom is 0.412 e. The molecule has 2 rings (SSSR count). The first-order valence-electron chi connectivity index (χ1n) is 8.56. The Balaban J connectivity index is 1.75. The van der Waals surface area contributed by atoms with Crippen molar-refractivity contribution in [1.82, 2.24) is 0 Å². The maximum absolute atomic E-state index is 13.6. The molecule has 0 unspecified atom stereocenters. The fourth-order valence-corrected chi connectivity index (χ4v) is 4.07. The first kappa shape index (κ1) is 18.5. The van der Waals surface area contributed by atoms with Crippen LogP contribution in [0.5, 0.6) is 0 Å². The third-order valence-electron chi connectivity index (χ3n) is 5.30. The number of allylic oxidation sites excluding steroid dienone is 2. The van der Waals surface area contributed by atoms with E-state index in [1.165, 1.54) is 0 Å². The van der Waals surface area contributed by atoms with Crippen molar-refractivity contribution in [2.24, 2.45) is 17.8 Å². The second kappa shape index (κ2) is 8.32. The van der Waals surface area contributed by atoms with Gasteiger partial charge in [-0.05, 0) is 63.2 Å². The molecule has 5 heteroatoms. The van der Waals surface area contributed by atoms with Crippen LogP contribution in [0.15, 0.2) is 24.6 Å². The van der Waals surface area contributed by atoms with Crippen molar-refractivity contribution < 1.29 is 22.3 Å². The Morgan fingerprint density at radius 1 is 0.957 bits per heavy atom. The van der Waals surface area contributed by atoms with Crippen LogP contribution in [-0.2, 0) is 4.74 Å². The summed E-state index contributed by atoms with van der Waals surface area (Å²) in [5, 5.41) is 0. The van der Waals surface area contributed by atoms with Crippen molar-refractivity contribution in [3.63, 3.8) is 0 Å². The lowest BCUT2D eigenvalue weighted by Crippen LogP contribution is -2.28. The minimum atomic E-state index is -4.55. The molecule has 0 atom stereocenters. The first-order chi connectivity index (χ1) is 10.9. The fourth-order valence-electron chi connectivity index (χ4n) is 4.07. The highest BCUT2D eigenvalue weighted by molar-refractivity contribution is 5.03. The van der Waals surface area contributed by atoms with Crippen molar-refractivity contribution >= 4 is 0 Å². The maximum atomic E-state index is 13.6. The third kappa shape index (κ3) is 5.94. The van der Waals surface area contributed by atoms with E-state index in [2.05, 4.69) is 6.58 Å². The Hall–Kier alpha value is -0.840. The molecule has 0 radical (unpaired) electrons. The summed E-state index contributed by atoms with van der Waals surface area (Å²) in [7, 11) is 0. The molecule has 2 aliphatic rings. The summed E-state index contributed by atoms with van der Waals surface area (Å²) in [6.07, 6.45) is 4.41. The molecule has 1 nitrogen and oxygen atoms in total. The van der Waals surface area contributed by atoms with E-state index < -0.39 is 17.9 Å². The van der Waals surface area contributed by atoms with Crippen LogP contribution >= 0.6 is 0 Å². The second-order valence-electron chi connectivity index (χ2n) is 6.84. The van der Waals surface area contributed by atoms with Crippen molar-refractivity contribution in [3.8, 4) is 0 Å². The van der Waals surface area contributed by atoms with Gasteiger partial charge < -0.3 is 4.74 Å². The molecule has 0 aromatic heterocycles. The predicted molar refractivity (Wildman–Crippen MR) is 82.6 cm³/mol. The van der Waals surface area contributed by atoms with Crippen LogP contribution in [0, 0.1) is 17.8 Å². The van der Waals surface area contributed by atoms with Gasteiger partial charge in [0.25, 0.3) is 0 Å². The summed E-state index contributed by atoms with van der Waals surface area (Å²) in [6.45, 7) is 4.23. The molecular weight excluding hydrogens is 308 g/mol. The van der Waals surface area contributed by atoms with Gasteiger partial charge in [0.1, 0.15) is 5.83 Å². The van der Waals surface area contributed by atoms with E-state index in [0.717, 1.165) is 38.5 Å². The van der Waals surface area contributed by atoms with Crippen LogP contribution in [0.25, 0.3) is 0 Å². The number of hydrogen-bond donors (Lipinski definition) is 0. The highest BCUT2D eigenvalue weighted by Gasteiger charge is 2.34. The minimum Gasteiger partial charge on any atom is -0.374 e. The minimum absolute atomic E-state index is 0.167.